The van der Waals surface area contributed by atoms with Gasteiger partial charge in [-0.2, -0.15) is 0 Å². The first-order valence-corrected chi connectivity index (χ1v) is 19.4. The van der Waals surface area contributed by atoms with E-state index in [0.29, 0.717) is 5.69 Å². The summed E-state index contributed by atoms with van der Waals surface area (Å²) >= 11 is 0. The molecule has 3 heterocycles. The first kappa shape index (κ1) is 35.7. The molecule has 5 nitrogen and oxygen atoms in total. The number of rotatable bonds is 7. The number of imidazole rings is 1. The zero-order valence-corrected chi connectivity index (χ0v) is 32.9. The molecule has 0 bridgehead atoms. The average molecular weight is 738 g/mol. The number of hydrogen-bond acceptors (Lipinski definition) is 2. The maximum absolute atomic E-state index is 8.36. The fraction of sp³-hybridized carbons (Fsp3) is 0.135. The van der Waals surface area contributed by atoms with Gasteiger partial charge in [0.05, 0.1) is 40.7 Å². The number of pyridine rings is 1. The molecule has 0 fully saturated rings. The molecular weight excluding hydrogens is 695 g/mol. The number of nitrogens with zero attached hydrogens (tertiary/aromatic N) is 5. The minimum absolute atomic E-state index is 0.0440. The number of para-hydroxylation sites is 2. The number of benzene rings is 6. The summed E-state index contributed by atoms with van der Waals surface area (Å²) in [5, 5.41) is 2.32. The minimum atomic E-state index is -0.816. The Hall–Kier alpha value is -7.03. The zero-order valence-electron chi connectivity index (χ0n) is 32.9. The summed E-state index contributed by atoms with van der Waals surface area (Å²) in [6, 6.07) is 53.8. The van der Waals surface area contributed by atoms with Crippen LogP contribution in [0.25, 0.3) is 49.4 Å². The topological polar surface area (TPSA) is 40.0 Å². The van der Waals surface area contributed by atoms with Gasteiger partial charge in [-0.25, -0.2) is 14.8 Å². The van der Waals surface area contributed by atoms with Crippen LogP contribution in [-0.2, 0) is 10.8 Å². The second-order valence-electron chi connectivity index (χ2n) is 16.0. The number of hydrogen-bond donors (Lipinski definition) is 0. The highest BCUT2D eigenvalue weighted by atomic mass is 15.1. The third-order valence-corrected chi connectivity index (χ3v) is 11.4. The lowest BCUT2D eigenvalue weighted by molar-refractivity contribution is 0.588. The molecule has 0 amide bonds. The van der Waals surface area contributed by atoms with Gasteiger partial charge in [-0.1, -0.05) is 142 Å². The van der Waals surface area contributed by atoms with Crippen molar-refractivity contribution in [3.05, 3.63) is 221 Å². The van der Waals surface area contributed by atoms with Gasteiger partial charge < -0.3 is 4.57 Å². The van der Waals surface area contributed by atoms with Gasteiger partial charge in [-0.05, 0) is 94.1 Å². The average Bonchev–Trinajstić information content (AvgIpc) is 3.85. The highest BCUT2D eigenvalue weighted by Gasteiger charge is 2.39. The quantitative estimate of drug-likeness (QED) is 0.121. The fourth-order valence-corrected chi connectivity index (χ4v) is 8.68. The van der Waals surface area contributed by atoms with Crippen LogP contribution in [0.5, 0.6) is 0 Å². The Morgan fingerprint density at radius 2 is 1.23 bits per heavy atom. The van der Waals surface area contributed by atoms with Crippen LogP contribution in [0.4, 0.5) is 5.69 Å². The lowest BCUT2D eigenvalue weighted by Crippen LogP contribution is -2.31. The summed E-state index contributed by atoms with van der Waals surface area (Å²) in [4.78, 5) is 14.0. The summed E-state index contributed by atoms with van der Waals surface area (Å²) in [7, 11) is 0. The molecule has 3 aromatic heterocycles. The van der Waals surface area contributed by atoms with Crippen molar-refractivity contribution in [2.24, 2.45) is 0 Å². The molecule has 276 valence electrons. The molecule has 9 rings (SSSR count). The lowest BCUT2D eigenvalue weighted by Gasteiger charge is -2.37. The van der Waals surface area contributed by atoms with E-state index in [-0.39, 0.29) is 5.41 Å². The Bertz CT molecular complexity index is 2910. The molecule has 0 aliphatic heterocycles. The molecule has 0 unspecified atom stereocenters. The molecule has 0 atom stereocenters. The molecule has 0 N–H and O–H groups in total. The van der Waals surface area contributed by atoms with E-state index in [9.17, 15) is 0 Å². The van der Waals surface area contributed by atoms with Crippen LogP contribution < -0.4 is 0 Å². The van der Waals surface area contributed by atoms with Gasteiger partial charge in [0.15, 0.2) is 5.69 Å². The summed E-state index contributed by atoms with van der Waals surface area (Å²) in [6.45, 7) is 19.3. The number of fused-ring (bicyclic) bond motifs is 3. The van der Waals surface area contributed by atoms with E-state index in [1.807, 2.05) is 18.6 Å². The van der Waals surface area contributed by atoms with Gasteiger partial charge in [-0.15, -0.1) is 0 Å². The number of aromatic nitrogens is 4. The van der Waals surface area contributed by atoms with E-state index < -0.39 is 5.41 Å². The second kappa shape index (κ2) is 13.9. The highest BCUT2D eigenvalue weighted by Crippen LogP contribution is 2.48. The fourth-order valence-electron chi connectivity index (χ4n) is 8.68. The molecule has 5 heteroatoms. The molecule has 0 aliphatic carbocycles. The Balaban J connectivity index is 1.35. The lowest BCUT2D eigenvalue weighted by atomic mass is 9.64. The van der Waals surface area contributed by atoms with E-state index in [2.05, 4.69) is 200 Å². The van der Waals surface area contributed by atoms with Crippen LogP contribution in [0.1, 0.15) is 59.7 Å². The van der Waals surface area contributed by atoms with Crippen molar-refractivity contribution in [1.29, 1.82) is 0 Å². The van der Waals surface area contributed by atoms with E-state index in [1.54, 1.807) is 0 Å². The largest absolute Gasteiger partial charge is 0.305 e. The van der Waals surface area contributed by atoms with Crippen molar-refractivity contribution in [3.8, 4) is 22.8 Å². The Morgan fingerprint density at radius 3 is 1.91 bits per heavy atom. The maximum atomic E-state index is 8.36. The molecule has 0 radical (unpaired) electrons. The number of aryl methyl sites for hydroxylation is 2. The molecule has 0 spiro atoms. The Morgan fingerprint density at radius 1 is 0.561 bits per heavy atom. The third kappa shape index (κ3) is 6.02. The molecule has 9 aromatic rings. The van der Waals surface area contributed by atoms with Crippen LogP contribution in [0.3, 0.4) is 0 Å². The van der Waals surface area contributed by atoms with E-state index in [4.69, 9.17) is 16.5 Å². The van der Waals surface area contributed by atoms with Crippen molar-refractivity contribution < 1.29 is 0 Å². The smallest absolute Gasteiger partial charge is 0.188 e. The van der Waals surface area contributed by atoms with Crippen LogP contribution in [0.2, 0.25) is 0 Å². The summed E-state index contributed by atoms with van der Waals surface area (Å²) in [5.41, 5.74) is 12.5. The molecule has 57 heavy (non-hydrogen) atoms. The molecule has 6 aromatic carbocycles. The van der Waals surface area contributed by atoms with Gasteiger partial charge in [0.2, 0.25) is 0 Å². The standard InChI is InChI=1S/C52H43N5/c1-35-16-15-17-36(2)50(35)56-33-46(55-34-56)37-28-42(30-43(29-37)53-6)52(38-18-9-7-10-19-38,39-20-11-8-12-21-39)41-24-25-45-44-22-13-14-23-47(44)57(48(45)31-41)49-32-40(26-27-54-49)51(3,4)5/h7-34H,1-5H3. The molecule has 0 saturated heterocycles. The molecule has 0 aliphatic rings. The van der Waals surface area contributed by atoms with E-state index in [1.165, 1.54) is 22.1 Å². The van der Waals surface area contributed by atoms with E-state index >= 15 is 0 Å². The van der Waals surface area contributed by atoms with Gasteiger partial charge in [0.25, 0.3) is 0 Å². The monoisotopic (exact) mass is 737 g/mol. The maximum Gasteiger partial charge on any atom is 0.188 e. The van der Waals surface area contributed by atoms with Crippen molar-refractivity contribution in [2.75, 3.05) is 0 Å². The van der Waals surface area contributed by atoms with Gasteiger partial charge in [0, 0.05) is 23.2 Å². The summed E-state index contributed by atoms with van der Waals surface area (Å²) < 4.78 is 4.41. The normalized spacial score (nSPS) is 11.9. The van der Waals surface area contributed by atoms with E-state index in [0.717, 1.165) is 61.4 Å². The van der Waals surface area contributed by atoms with Crippen molar-refractivity contribution in [3.63, 3.8) is 0 Å². The SMILES string of the molecule is [C-]#[N+]c1cc(-c2cn(-c3c(C)cccc3C)cn2)cc(C(c2ccccc2)(c2ccccc2)c2ccc3c4ccccc4n(-c4cc(C(C)(C)C)ccn4)c3c2)c1. The summed E-state index contributed by atoms with van der Waals surface area (Å²) in [5.74, 6) is 0.882. The molecule has 0 saturated carbocycles. The second-order valence-corrected chi connectivity index (χ2v) is 16.0. The van der Waals surface area contributed by atoms with Crippen molar-refractivity contribution in [2.45, 2.75) is 45.4 Å². The predicted molar refractivity (Wildman–Crippen MR) is 234 cm³/mol. The first-order chi connectivity index (χ1) is 27.7. The van der Waals surface area contributed by atoms with Crippen LogP contribution in [0.15, 0.2) is 170 Å². The Kier molecular flexibility index (Phi) is 8.71. The van der Waals surface area contributed by atoms with Crippen LogP contribution in [0, 0.1) is 20.4 Å². The minimum Gasteiger partial charge on any atom is -0.305 e. The first-order valence-electron chi connectivity index (χ1n) is 19.4. The Labute approximate surface area is 334 Å². The van der Waals surface area contributed by atoms with Crippen LogP contribution >= 0.6 is 0 Å². The molecular formula is C52H43N5. The highest BCUT2D eigenvalue weighted by molar-refractivity contribution is 6.09. The van der Waals surface area contributed by atoms with Crippen molar-refractivity contribution >= 4 is 27.5 Å². The summed E-state index contributed by atoms with van der Waals surface area (Å²) in [6.07, 6.45) is 5.89. The van der Waals surface area contributed by atoms with Crippen LogP contribution in [-0.4, -0.2) is 19.1 Å². The predicted octanol–water partition coefficient (Wildman–Crippen LogP) is 12.9. The zero-order chi connectivity index (χ0) is 39.3. The third-order valence-electron chi connectivity index (χ3n) is 11.4. The van der Waals surface area contributed by atoms with Gasteiger partial charge in [0.1, 0.15) is 5.82 Å². The van der Waals surface area contributed by atoms with Gasteiger partial charge in [-0.3, -0.25) is 4.57 Å². The van der Waals surface area contributed by atoms with Crippen molar-refractivity contribution in [1.82, 2.24) is 19.1 Å². The van der Waals surface area contributed by atoms with Gasteiger partial charge >= 0.3 is 0 Å².